The van der Waals surface area contributed by atoms with Crippen LogP contribution in [0.4, 0.5) is 0 Å². The zero-order valence-electron chi connectivity index (χ0n) is 13.6. The maximum Gasteiger partial charge on any atom is 0.324 e. The molecule has 0 unspecified atom stereocenters. The Labute approximate surface area is 131 Å². The molecule has 1 rings (SSSR count). The van der Waals surface area contributed by atoms with E-state index in [9.17, 15) is 9.59 Å². The van der Waals surface area contributed by atoms with Crippen molar-refractivity contribution in [2.45, 2.75) is 52.0 Å². The molecule has 0 aromatic heterocycles. The lowest BCUT2D eigenvalue weighted by atomic mass is 9.87. The number of esters is 1. The first kappa shape index (κ1) is 18.2. The fourth-order valence-corrected chi connectivity index (χ4v) is 2.36. The molecule has 0 heterocycles. The molecule has 0 saturated carbocycles. The van der Waals surface area contributed by atoms with E-state index in [1.807, 2.05) is 18.2 Å². The molecule has 0 spiro atoms. The molecule has 0 bridgehead atoms. The van der Waals surface area contributed by atoms with E-state index < -0.39 is 18.0 Å². The van der Waals surface area contributed by atoms with Crippen molar-refractivity contribution in [2.75, 3.05) is 6.61 Å². The normalized spacial score (nSPS) is 12.5. The van der Waals surface area contributed by atoms with Crippen molar-refractivity contribution < 1.29 is 19.4 Å². The van der Waals surface area contributed by atoms with Crippen LogP contribution >= 0.6 is 0 Å². The van der Waals surface area contributed by atoms with Gasteiger partial charge in [-0.15, -0.1) is 0 Å². The molecule has 0 fully saturated rings. The topological polar surface area (TPSA) is 89.6 Å². The highest BCUT2D eigenvalue weighted by molar-refractivity contribution is 5.76. The summed E-state index contributed by atoms with van der Waals surface area (Å²) in [6.45, 7) is 8.00. The minimum absolute atomic E-state index is 0.133. The summed E-state index contributed by atoms with van der Waals surface area (Å²) in [5.74, 6) is -1.05. The van der Waals surface area contributed by atoms with Gasteiger partial charge in [0.2, 0.25) is 0 Å². The average Bonchev–Trinajstić information content (AvgIpc) is 2.44. The number of hydrogen-bond donors (Lipinski definition) is 2. The van der Waals surface area contributed by atoms with Gasteiger partial charge >= 0.3 is 11.9 Å². The maximum atomic E-state index is 12.0. The molecule has 5 heteroatoms. The molecular formula is C17H25NO4. The highest BCUT2D eigenvalue weighted by atomic mass is 16.5. The van der Waals surface area contributed by atoms with E-state index in [1.165, 1.54) is 0 Å². The molecule has 0 saturated heterocycles. The van der Waals surface area contributed by atoms with Gasteiger partial charge in [0.25, 0.3) is 0 Å². The van der Waals surface area contributed by atoms with Crippen LogP contribution in [-0.4, -0.2) is 29.7 Å². The second kappa shape index (κ2) is 7.94. The highest BCUT2D eigenvalue weighted by Crippen LogP contribution is 2.28. The summed E-state index contributed by atoms with van der Waals surface area (Å²) in [6.07, 6.45) is 0.133. The first-order valence-electron chi connectivity index (χ1n) is 7.49. The maximum absolute atomic E-state index is 12.0. The predicted octanol–water partition coefficient (Wildman–Crippen LogP) is 2.43. The summed E-state index contributed by atoms with van der Waals surface area (Å²) in [4.78, 5) is 22.7. The first-order chi connectivity index (χ1) is 10.2. The molecule has 1 atom stereocenters. The number of ether oxygens (including phenoxy) is 1. The molecule has 0 aliphatic rings. The Kier molecular flexibility index (Phi) is 6.56. The van der Waals surface area contributed by atoms with Gasteiger partial charge in [0.15, 0.2) is 0 Å². The number of hydrogen-bond acceptors (Lipinski definition) is 4. The zero-order valence-corrected chi connectivity index (χ0v) is 13.6. The Bertz CT molecular complexity index is 511. The van der Waals surface area contributed by atoms with Crippen LogP contribution in [0, 0.1) is 0 Å². The number of aliphatic carboxylic acids is 1. The number of carboxylic acids is 1. The lowest BCUT2D eigenvalue weighted by Gasteiger charge is -2.19. The Morgan fingerprint density at radius 1 is 1.14 bits per heavy atom. The van der Waals surface area contributed by atoms with Gasteiger partial charge in [-0.2, -0.15) is 0 Å². The summed E-state index contributed by atoms with van der Waals surface area (Å²) in [5.41, 5.74) is 8.54. The first-order valence-corrected chi connectivity index (χ1v) is 7.49. The van der Waals surface area contributed by atoms with Crippen molar-refractivity contribution in [1.29, 1.82) is 0 Å². The molecule has 0 amide bonds. The molecule has 1 aromatic rings. The van der Waals surface area contributed by atoms with Crippen LogP contribution in [0.15, 0.2) is 18.2 Å². The van der Waals surface area contributed by atoms with Crippen LogP contribution in [0.25, 0.3) is 0 Å². The highest BCUT2D eigenvalue weighted by Gasteiger charge is 2.19. The second-order valence-electron chi connectivity index (χ2n) is 6.03. The van der Waals surface area contributed by atoms with Crippen molar-refractivity contribution in [3.8, 4) is 0 Å². The lowest BCUT2D eigenvalue weighted by molar-refractivity contribution is -0.147. The van der Waals surface area contributed by atoms with E-state index in [0.717, 1.165) is 16.7 Å². The van der Waals surface area contributed by atoms with Gasteiger partial charge in [-0.05, 0) is 28.5 Å². The van der Waals surface area contributed by atoms with Gasteiger partial charge in [0, 0.05) is 0 Å². The summed E-state index contributed by atoms with van der Waals surface area (Å²) in [5, 5.41) is 8.70. The Morgan fingerprint density at radius 3 is 2.05 bits per heavy atom. The third kappa shape index (κ3) is 4.84. The van der Waals surface area contributed by atoms with Crippen molar-refractivity contribution >= 4 is 11.9 Å². The monoisotopic (exact) mass is 307 g/mol. The Morgan fingerprint density at radius 2 is 1.64 bits per heavy atom. The van der Waals surface area contributed by atoms with Crippen molar-refractivity contribution in [3.63, 3.8) is 0 Å². The number of carbonyl (C=O) groups is 2. The molecule has 0 aliphatic heterocycles. The number of carboxylic acid groups (broad SMARTS) is 1. The van der Waals surface area contributed by atoms with Crippen LogP contribution in [-0.2, 0) is 20.7 Å². The van der Waals surface area contributed by atoms with Gasteiger partial charge in [-0.25, -0.2) is 0 Å². The fraction of sp³-hybridized carbons (Fsp3) is 0.529. The minimum Gasteiger partial charge on any atom is -0.480 e. The molecule has 3 N–H and O–H groups in total. The molecule has 5 nitrogen and oxygen atoms in total. The number of carbonyl (C=O) groups excluding carboxylic acids is 1. The van der Waals surface area contributed by atoms with E-state index >= 15 is 0 Å². The van der Waals surface area contributed by atoms with Crippen molar-refractivity contribution in [2.24, 2.45) is 5.73 Å². The van der Waals surface area contributed by atoms with Crippen molar-refractivity contribution in [3.05, 3.63) is 34.9 Å². The van der Waals surface area contributed by atoms with E-state index in [1.54, 1.807) is 0 Å². The van der Waals surface area contributed by atoms with Gasteiger partial charge in [-0.1, -0.05) is 45.9 Å². The SMILES string of the molecule is CC(C)c1cccc(C(C)C)c1CC(=O)OC[C@H](N)C(=O)O. The standard InChI is InChI=1S/C17H25NO4/c1-10(2)12-6-5-7-13(11(3)4)14(12)8-16(19)22-9-15(18)17(20)21/h5-7,10-11,15H,8-9,18H2,1-4H3,(H,20,21)/t15-/m0/s1. The van der Waals surface area contributed by atoms with E-state index in [4.69, 9.17) is 15.6 Å². The summed E-state index contributed by atoms with van der Waals surface area (Å²) >= 11 is 0. The quantitative estimate of drug-likeness (QED) is 0.755. The number of rotatable bonds is 7. The summed E-state index contributed by atoms with van der Waals surface area (Å²) < 4.78 is 4.99. The third-order valence-corrected chi connectivity index (χ3v) is 3.55. The molecule has 0 radical (unpaired) electrons. The predicted molar refractivity (Wildman–Crippen MR) is 84.9 cm³/mol. The Balaban J connectivity index is 2.91. The minimum atomic E-state index is -1.19. The van der Waals surface area contributed by atoms with Crippen LogP contribution in [0.1, 0.15) is 56.2 Å². The van der Waals surface area contributed by atoms with Gasteiger partial charge in [0.05, 0.1) is 6.42 Å². The smallest absolute Gasteiger partial charge is 0.324 e. The van der Waals surface area contributed by atoms with E-state index in [2.05, 4.69) is 27.7 Å². The average molecular weight is 307 g/mol. The van der Waals surface area contributed by atoms with Crippen LogP contribution in [0.5, 0.6) is 0 Å². The van der Waals surface area contributed by atoms with E-state index in [0.29, 0.717) is 11.8 Å². The molecule has 1 aromatic carbocycles. The second-order valence-corrected chi connectivity index (χ2v) is 6.03. The number of nitrogens with two attached hydrogens (primary N) is 1. The molecule has 0 aliphatic carbocycles. The summed E-state index contributed by atoms with van der Waals surface area (Å²) in [6, 6.07) is 4.85. The van der Waals surface area contributed by atoms with Gasteiger partial charge in [0.1, 0.15) is 12.6 Å². The lowest BCUT2D eigenvalue weighted by Crippen LogP contribution is -2.36. The Hall–Kier alpha value is -1.88. The molecular weight excluding hydrogens is 282 g/mol. The van der Waals surface area contributed by atoms with Gasteiger partial charge < -0.3 is 15.6 Å². The van der Waals surface area contributed by atoms with Crippen LogP contribution in [0.2, 0.25) is 0 Å². The largest absolute Gasteiger partial charge is 0.480 e. The van der Waals surface area contributed by atoms with Crippen molar-refractivity contribution in [1.82, 2.24) is 0 Å². The molecule has 22 heavy (non-hydrogen) atoms. The number of benzene rings is 1. The fourth-order valence-electron chi connectivity index (χ4n) is 2.36. The zero-order chi connectivity index (χ0) is 16.9. The van der Waals surface area contributed by atoms with E-state index in [-0.39, 0.29) is 13.0 Å². The van der Waals surface area contributed by atoms with Crippen LogP contribution < -0.4 is 5.73 Å². The molecule has 122 valence electrons. The van der Waals surface area contributed by atoms with Crippen LogP contribution in [0.3, 0.4) is 0 Å². The van der Waals surface area contributed by atoms with Gasteiger partial charge in [-0.3, -0.25) is 9.59 Å². The summed E-state index contributed by atoms with van der Waals surface area (Å²) in [7, 11) is 0. The third-order valence-electron chi connectivity index (χ3n) is 3.55.